The number of amides is 1. The topological polar surface area (TPSA) is 87.9 Å². The molecule has 2 aromatic heterocycles. The van der Waals surface area contributed by atoms with Crippen LogP contribution in [0.1, 0.15) is 18.2 Å². The summed E-state index contributed by atoms with van der Waals surface area (Å²) in [5.74, 6) is 2.33. The van der Waals surface area contributed by atoms with Gasteiger partial charge in [-0.3, -0.25) is 9.69 Å². The van der Waals surface area contributed by atoms with Gasteiger partial charge in [-0.2, -0.15) is 14.6 Å². The van der Waals surface area contributed by atoms with Crippen molar-refractivity contribution in [3.8, 4) is 5.75 Å². The maximum absolute atomic E-state index is 12.9. The summed E-state index contributed by atoms with van der Waals surface area (Å²) >= 11 is 0. The summed E-state index contributed by atoms with van der Waals surface area (Å²) in [6, 6.07) is 19.3. The Morgan fingerprint density at radius 2 is 1.80 bits per heavy atom. The van der Waals surface area contributed by atoms with E-state index in [1.807, 2.05) is 74.5 Å². The summed E-state index contributed by atoms with van der Waals surface area (Å²) in [6.45, 7) is 7.57. The molecule has 4 aromatic rings. The number of hydrogen-bond donors (Lipinski definition) is 1. The number of anilines is 2. The zero-order valence-corrected chi connectivity index (χ0v) is 20.0. The van der Waals surface area contributed by atoms with E-state index in [1.165, 1.54) is 6.33 Å². The first-order valence-electron chi connectivity index (χ1n) is 11.8. The first kappa shape index (κ1) is 22.8. The van der Waals surface area contributed by atoms with E-state index in [1.54, 1.807) is 4.52 Å². The number of carbonyl (C=O) groups is 1. The number of rotatable bonds is 7. The van der Waals surface area contributed by atoms with Gasteiger partial charge >= 0.3 is 0 Å². The van der Waals surface area contributed by atoms with Crippen LogP contribution in [0.15, 0.2) is 67.0 Å². The molecule has 1 atom stereocenters. The summed E-state index contributed by atoms with van der Waals surface area (Å²) in [5, 5.41) is 7.34. The third-order valence-electron chi connectivity index (χ3n) is 6.30. The molecule has 5 rings (SSSR count). The van der Waals surface area contributed by atoms with Crippen LogP contribution in [0.5, 0.6) is 5.75 Å². The molecule has 0 radical (unpaired) electrons. The molecule has 1 N–H and O–H groups in total. The van der Waals surface area contributed by atoms with Crippen LogP contribution in [0.25, 0.3) is 5.78 Å². The molecule has 9 heteroatoms. The van der Waals surface area contributed by atoms with Crippen molar-refractivity contribution in [1.82, 2.24) is 24.5 Å². The van der Waals surface area contributed by atoms with E-state index >= 15 is 0 Å². The van der Waals surface area contributed by atoms with Crippen molar-refractivity contribution in [3.05, 3.63) is 78.2 Å². The van der Waals surface area contributed by atoms with Crippen molar-refractivity contribution in [2.24, 2.45) is 0 Å². The molecule has 35 heavy (non-hydrogen) atoms. The quantitative estimate of drug-likeness (QED) is 0.443. The third-order valence-corrected chi connectivity index (χ3v) is 6.30. The van der Waals surface area contributed by atoms with Crippen molar-refractivity contribution in [1.29, 1.82) is 0 Å². The fourth-order valence-corrected chi connectivity index (χ4v) is 4.26. The lowest BCUT2D eigenvalue weighted by molar-refractivity contribution is -0.120. The standard InChI is InChI=1S/C26H29N7O2/c1-19-16-24(33-26(29-19)27-18-28-33)32-14-12-31(13-15-32)20(2)25(34)30-22-8-10-23(11-9-22)35-17-21-6-4-3-5-7-21/h3-11,16,18,20H,12-15,17H2,1-2H3,(H,30,34)/t20-/m1/s1. The van der Waals surface area contributed by atoms with Crippen LogP contribution < -0.4 is 15.0 Å². The molecule has 180 valence electrons. The summed E-state index contributed by atoms with van der Waals surface area (Å²) < 4.78 is 7.60. The number of aromatic nitrogens is 4. The van der Waals surface area contributed by atoms with Crippen LogP contribution in [0.2, 0.25) is 0 Å². The summed E-state index contributed by atoms with van der Waals surface area (Å²) in [4.78, 5) is 26.0. The normalized spacial score (nSPS) is 15.2. The van der Waals surface area contributed by atoms with E-state index in [2.05, 4.69) is 30.2 Å². The van der Waals surface area contributed by atoms with E-state index in [4.69, 9.17) is 4.74 Å². The molecule has 0 bridgehead atoms. The molecule has 1 saturated heterocycles. The van der Waals surface area contributed by atoms with Gasteiger partial charge in [0.15, 0.2) is 0 Å². The van der Waals surface area contributed by atoms with Gasteiger partial charge in [-0.25, -0.2) is 4.98 Å². The second-order valence-electron chi connectivity index (χ2n) is 8.71. The summed E-state index contributed by atoms with van der Waals surface area (Å²) in [6.07, 6.45) is 1.52. The van der Waals surface area contributed by atoms with Crippen molar-refractivity contribution in [2.45, 2.75) is 26.5 Å². The predicted molar refractivity (Wildman–Crippen MR) is 135 cm³/mol. The summed E-state index contributed by atoms with van der Waals surface area (Å²) in [5.41, 5.74) is 2.78. The number of ether oxygens (including phenoxy) is 1. The van der Waals surface area contributed by atoms with Crippen LogP contribution in [-0.2, 0) is 11.4 Å². The molecule has 9 nitrogen and oxygen atoms in total. The number of nitrogens with zero attached hydrogens (tertiary/aromatic N) is 6. The fraction of sp³-hybridized carbons (Fsp3) is 0.308. The Morgan fingerprint density at radius 1 is 1.06 bits per heavy atom. The Labute approximate surface area is 204 Å². The average Bonchev–Trinajstić information content (AvgIpc) is 3.36. The first-order valence-corrected chi connectivity index (χ1v) is 11.8. The van der Waals surface area contributed by atoms with Crippen molar-refractivity contribution < 1.29 is 9.53 Å². The second kappa shape index (κ2) is 10.1. The van der Waals surface area contributed by atoms with Crippen LogP contribution in [-0.4, -0.2) is 62.6 Å². The van der Waals surface area contributed by atoms with Gasteiger partial charge in [-0.05, 0) is 43.7 Å². The van der Waals surface area contributed by atoms with Gasteiger partial charge in [0.25, 0.3) is 5.78 Å². The molecular weight excluding hydrogens is 442 g/mol. The Kier molecular flexibility index (Phi) is 6.58. The van der Waals surface area contributed by atoms with Crippen LogP contribution in [0.4, 0.5) is 11.5 Å². The van der Waals surface area contributed by atoms with E-state index in [0.717, 1.165) is 54.7 Å². The highest BCUT2D eigenvalue weighted by Gasteiger charge is 2.27. The van der Waals surface area contributed by atoms with Crippen molar-refractivity contribution in [2.75, 3.05) is 36.4 Å². The number of nitrogens with one attached hydrogen (secondary N) is 1. The molecule has 1 aliphatic rings. The Balaban J connectivity index is 1.14. The minimum Gasteiger partial charge on any atom is -0.489 e. The van der Waals surface area contributed by atoms with Gasteiger partial charge in [0.05, 0.1) is 6.04 Å². The maximum Gasteiger partial charge on any atom is 0.254 e. The molecule has 1 fully saturated rings. The maximum atomic E-state index is 12.9. The Bertz CT molecular complexity index is 1280. The SMILES string of the molecule is Cc1cc(N2CCN([C@H](C)C(=O)Nc3ccc(OCc4ccccc4)cc3)CC2)n2ncnc2n1. The zero-order valence-electron chi connectivity index (χ0n) is 20.0. The molecule has 0 spiro atoms. The lowest BCUT2D eigenvalue weighted by atomic mass is 10.2. The average molecular weight is 472 g/mol. The highest BCUT2D eigenvalue weighted by molar-refractivity contribution is 5.94. The Morgan fingerprint density at radius 3 is 2.54 bits per heavy atom. The van der Waals surface area contributed by atoms with E-state index in [9.17, 15) is 4.79 Å². The van der Waals surface area contributed by atoms with E-state index < -0.39 is 0 Å². The number of piperazine rings is 1. The molecule has 1 amide bonds. The summed E-state index contributed by atoms with van der Waals surface area (Å²) in [7, 11) is 0. The molecule has 2 aromatic carbocycles. The third kappa shape index (κ3) is 5.25. The minimum atomic E-state index is -0.239. The van der Waals surface area contributed by atoms with Gasteiger partial charge in [-0.1, -0.05) is 30.3 Å². The lowest BCUT2D eigenvalue weighted by Crippen LogP contribution is -2.53. The number of benzene rings is 2. The number of carbonyl (C=O) groups excluding carboxylic acids is 1. The van der Waals surface area contributed by atoms with E-state index in [-0.39, 0.29) is 11.9 Å². The molecular formula is C26H29N7O2. The smallest absolute Gasteiger partial charge is 0.254 e. The van der Waals surface area contributed by atoms with Gasteiger partial charge in [0, 0.05) is 43.6 Å². The minimum absolute atomic E-state index is 0.0187. The van der Waals surface area contributed by atoms with Gasteiger partial charge < -0.3 is 15.0 Å². The molecule has 3 heterocycles. The molecule has 1 aliphatic heterocycles. The number of aryl methyl sites for hydroxylation is 1. The number of fused-ring (bicyclic) bond motifs is 1. The van der Waals surface area contributed by atoms with Crippen LogP contribution in [0, 0.1) is 6.92 Å². The second-order valence-corrected chi connectivity index (χ2v) is 8.71. The van der Waals surface area contributed by atoms with Crippen LogP contribution in [0.3, 0.4) is 0 Å². The fourth-order valence-electron chi connectivity index (χ4n) is 4.26. The molecule has 0 unspecified atom stereocenters. The zero-order chi connectivity index (χ0) is 24.2. The largest absolute Gasteiger partial charge is 0.489 e. The molecule has 0 saturated carbocycles. The number of hydrogen-bond acceptors (Lipinski definition) is 7. The first-order chi connectivity index (χ1) is 17.1. The highest BCUT2D eigenvalue weighted by Crippen LogP contribution is 2.20. The van der Waals surface area contributed by atoms with Crippen molar-refractivity contribution in [3.63, 3.8) is 0 Å². The van der Waals surface area contributed by atoms with Gasteiger partial charge in [0.2, 0.25) is 5.91 Å². The highest BCUT2D eigenvalue weighted by atomic mass is 16.5. The van der Waals surface area contributed by atoms with Gasteiger partial charge in [0.1, 0.15) is 24.5 Å². The Hall–Kier alpha value is -3.98. The van der Waals surface area contributed by atoms with E-state index in [0.29, 0.717) is 12.4 Å². The lowest BCUT2D eigenvalue weighted by Gasteiger charge is -2.38. The molecule has 0 aliphatic carbocycles. The monoisotopic (exact) mass is 471 g/mol. The van der Waals surface area contributed by atoms with Crippen molar-refractivity contribution >= 4 is 23.2 Å². The predicted octanol–water partition coefficient (Wildman–Crippen LogP) is 3.16. The van der Waals surface area contributed by atoms with Crippen LogP contribution >= 0.6 is 0 Å². The van der Waals surface area contributed by atoms with Gasteiger partial charge in [-0.15, -0.1) is 0 Å².